The average molecular weight is 408 g/mol. The third-order valence-electron chi connectivity index (χ3n) is 6.25. The summed E-state index contributed by atoms with van der Waals surface area (Å²) in [6.45, 7) is 3.35. The summed E-state index contributed by atoms with van der Waals surface area (Å²) < 4.78 is 2.20. The SMILES string of the molecule is Cc1c(CC(=O)N[C@H]2CCCCNC2=O)c2c(n1Cc1ccccc1)CCCC2=O. The van der Waals surface area contributed by atoms with Crippen LogP contribution in [0.2, 0.25) is 0 Å². The Kier molecular flexibility index (Phi) is 6.02. The average Bonchev–Trinajstić information content (AvgIpc) is 2.87. The first kappa shape index (κ1) is 20.4. The Labute approximate surface area is 177 Å². The summed E-state index contributed by atoms with van der Waals surface area (Å²) >= 11 is 0. The molecule has 1 aromatic heterocycles. The first-order chi connectivity index (χ1) is 14.5. The summed E-state index contributed by atoms with van der Waals surface area (Å²) in [6, 6.07) is 9.68. The van der Waals surface area contributed by atoms with Crippen molar-refractivity contribution in [3.63, 3.8) is 0 Å². The lowest BCUT2D eigenvalue weighted by Gasteiger charge is -2.16. The van der Waals surface area contributed by atoms with Gasteiger partial charge in [0.15, 0.2) is 5.78 Å². The molecule has 2 N–H and O–H groups in total. The zero-order valence-electron chi connectivity index (χ0n) is 17.5. The molecule has 0 bridgehead atoms. The molecule has 30 heavy (non-hydrogen) atoms. The topological polar surface area (TPSA) is 80.2 Å². The fraction of sp³-hybridized carbons (Fsp3) is 0.458. The molecule has 2 aliphatic rings. The summed E-state index contributed by atoms with van der Waals surface area (Å²) in [6.07, 6.45) is 4.85. The zero-order chi connectivity index (χ0) is 21.1. The van der Waals surface area contributed by atoms with E-state index in [1.807, 2.05) is 25.1 Å². The lowest BCUT2D eigenvalue weighted by molar-refractivity contribution is -0.128. The minimum absolute atomic E-state index is 0.114. The van der Waals surface area contributed by atoms with E-state index in [1.165, 1.54) is 5.56 Å². The second-order valence-electron chi connectivity index (χ2n) is 8.32. The number of hydrogen-bond donors (Lipinski definition) is 2. The quantitative estimate of drug-likeness (QED) is 0.800. The normalized spacial score (nSPS) is 19.0. The number of rotatable bonds is 5. The van der Waals surface area contributed by atoms with E-state index >= 15 is 0 Å². The predicted octanol–water partition coefficient (Wildman–Crippen LogP) is 2.69. The number of fused-ring (bicyclic) bond motifs is 1. The van der Waals surface area contributed by atoms with Gasteiger partial charge < -0.3 is 15.2 Å². The molecular weight excluding hydrogens is 378 g/mol. The Morgan fingerprint density at radius 2 is 1.93 bits per heavy atom. The van der Waals surface area contributed by atoms with Gasteiger partial charge in [0.1, 0.15) is 6.04 Å². The van der Waals surface area contributed by atoms with Gasteiger partial charge in [0.2, 0.25) is 11.8 Å². The van der Waals surface area contributed by atoms with Gasteiger partial charge in [-0.15, -0.1) is 0 Å². The fourth-order valence-electron chi connectivity index (χ4n) is 4.67. The second-order valence-corrected chi connectivity index (χ2v) is 8.32. The van der Waals surface area contributed by atoms with Gasteiger partial charge in [-0.1, -0.05) is 30.3 Å². The van der Waals surface area contributed by atoms with E-state index in [2.05, 4.69) is 27.3 Å². The number of carbonyl (C=O) groups is 3. The summed E-state index contributed by atoms with van der Waals surface area (Å²) in [7, 11) is 0. The van der Waals surface area contributed by atoms with Crippen LogP contribution in [0.25, 0.3) is 0 Å². The molecule has 1 aliphatic heterocycles. The number of benzene rings is 1. The molecule has 2 heterocycles. The molecule has 2 amide bonds. The number of ketones is 1. The van der Waals surface area contributed by atoms with E-state index < -0.39 is 6.04 Å². The summed E-state index contributed by atoms with van der Waals surface area (Å²) in [5.41, 5.74) is 4.73. The van der Waals surface area contributed by atoms with Crippen molar-refractivity contribution in [2.24, 2.45) is 0 Å². The Morgan fingerprint density at radius 3 is 2.73 bits per heavy atom. The molecular formula is C24H29N3O3. The van der Waals surface area contributed by atoms with Gasteiger partial charge in [0.25, 0.3) is 0 Å². The highest BCUT2D eigenvalue weighted by molar-refractivity contribution is 6.01. The van der Waals surface area contributed by atoms with Crippen molar-refractivity contribution in [1.29, 1.82) is 0 Å². The lowest BCUT2D eigenvalue weighted by Crippen LogP contribution is -2.46. The van der Waals surface area contributed by atoms with Gasteiger partial charge >= 0.3 is 0 Å². The Hall–Kier alpha value is -2.89. The van der Waals surface area contributed by atoms with Gasteiger partial charge in [-0.2, -0.15) is 0 Å². The maximum absolute atomic E-state index is 12.8. The monoisotopic (exact) mass is 407 g/mol. The molecule has 6 nitrogen and oxygen atoms in total. The zero-order valence-corrected chi connectivity index (χ0v) is 17.5. The molecule has 1 aliphatic carbocycles. The Bertz CT molecular complexity index is 962. The van der Waals surface area contributed by atoms with Gasteiger partial charge in [0, 0.05) is 36.5 Å². The van der Waals surface area contributed by atoms with Gasteiger partial charge in [-0.3, -0.25) is 14.4 Å². The van der Waals surface area contributed by atoms with Crippen LogP contribution in [0.4, 0.5) is 0 Å². The van der Waals surface area contributed by atoms with Crippen molar-refractivity contribution in [3.05, 3.63) is 58.4 Å². The maximum atomic E-state index is 12.8. The van der Waals surface area contributed by atoms with Crippen molar-refractivity contribution in [2.45, 2.75) is 64.5 Å². The van der Waals surface area contributed by atoms with Gasteiger partial charge in [0.05, 0.1) is 6.42 Å². The van der Waals surface area contributed by atoms with E-state index in [1.54, 1.807) is 0 Å². The number of aromatic nitrogens is 1. The molecule has 0 spiro atoms. The van der Waals surface area contributed by atoms with Crippen LogP contribution < -0.4 is 10.6 Å². The van der Waals surface area contributed by atoms with E-state index in [9.17, 15) is 14.4 Å². The molecule has 0 unspecified atom stereocenters. The van der Waals surface area contributed by atoms with Crippen LogP contribution in [0.1, 0.15) is 65.0 Å². The third kappa shape index (κ3) is 4.18. The molecule has 1 saturated heterocycles. The van der Waals surface area contributed by atoms with Crippen molar-refractivity contribution in [2.75, 3.05) is 6.54 Å². The number of nitrogens with one attached hydrogen (secondary N) is 2. The van der Waals surface area contributed by atoms with Crippen LogP contribution in [-0.4, -0.2) is 34.8 Å². The number of hydrogen-bond acceptors (Lipinski definition) is 3. The number of nitrogens with zero attached hydrogens (tertiary/aromatic N) is 1. The minimum atomic E-state index is -0.488. The predicted molar refractivity (Wildman–Crippen MR) is 114 cm³/mol. The third-order valence-corrected chi connectivity index (χ3v) is 6.25. The van der Waals surface area contributed by atoms with Gasteiger partial charge in [-0.25, -0.2) is 0 Å². The van der Waals surface area contributed by atoms with Crippen LogP contribution in [0.5, 0.6) is 0 Å². The summed E-state index contributed by atoms with van der Waals surface area (Å²) in [5, 5.41) is 5.75. The van der Waals surface area contributed by atoms with Crippen LogP contribution in [-0.2, 0) is 29.0 Å². The van der Waals surface area contributed by atoms with Crippen molar-refractivity contribution < 1.29 is 14.4 Å². The number of carbonyl (C=O) groups excluding carboxylic acids is 3. The van der Waals surface area contributed by atoms with Crippen molar-refractivity contribution in [1.82, 2.24) is 15.2 Å². The standard InChI is InChI=1S/C24H29N3O3/c1-16-18(14-22(29)26-19-10-5-6-13-25-24(19)30)23-20(11-7-12-21(23)28)27(16)15-17-8-3-2-4-9-17/h2-4,8-9,19H,5-7,10-15H2,1H3,(H,25,30)(H,26,29)/t19-/m0/s1. The molecule has 6 heteroatoms. The Balaban J connectivity index is 1.60. The van der Waals surface area contributed by atoms with E-state index in [-0.39, 0.29) is 24.0 Å². The maximum Gasteiger partial charge on any atom is 0.242 e. The molecule has 4 rings (SSSR count). The van der Waals surface area contributed by atoms with Crippen molar-refractivity contribution >= 4 is 17.6 Å². The smallest absolute Gasteiger partial charge is 0.242 e. The minimum Gasteiger partial charge on any atom is -0.354 e. The summed E-state index contributed by atoms with van der Waals surface area (Å²) in [4.78, 5) is 37.8. The number of amides is 2. The highest BCUT2D eigenvalue weighted by Crippen LogP contribution is 2.31. The number of Topliss-reactive ketones (excluding diaryl/α,β-unsaturated/α-hetero) is 1. The molecule has 2 aromatic rings. The second kappa shape index (κ2) is 8.86. The van der Waals surface area contributed by atoms with E-state index in [4.69, 9.17) is 0 Å². The Morgan fingerprint density at radius 1 is 1.13 bits per heavy atom. The fourth-order valence-corrected chi connectivity index (χ4v) is 4.67. The molecule has 0 radical (unpaired) electrons. The summed E-state index contributed by atoms with van der Waals surface area (Å²) in [5.74, 6) is -0.184. The first-order valence-electron chi connectivity index (χ1n) is 10.9. The molecule has 158 valence electrons. The van der Waals surface area contributed by atoms with E-state index in [0.29, 0.717) is 25.9 Å². The highest BCUT2D eigenvalue weighted by atomic mass is 16.2. The van der Waals surface area contributed by atoms with Crippen LogP contribution >= 0.6 is 0 Å². The van der Waals surface area contributed by atoms with E-state index in [0.717, 1.165) is 48.2 Å². The van der Waals surface area contributed by atoms with Gasteiger partial charge in [-0.05, 0) is 50.2 Å². The van der Waals surface area contributed by atoms with Crippen LogP contribution in [0, 0.1) is 6.92 Å². The van der Waals surface area contributed by atoms with Crippen molar-refractivity contribution in [3.8, 4) is 0 Å². The molecule has 1 atom stereocenters. The van der Waals surface area contributed by atoms with Crippen LogP contribution in [0.3, 0.4) is 0 Å². The van der Waals surface area contributed by atoms with Crippen LogP contribution in [0.15, 0.2) is 30.3 Å². The highest BCUT2D eigenvalue weighted by Gasteiger charge is 2.30. The molecule has 0 saturated carbocycles. The molecule has 1 aromatic carbocycles. The first-order valence-corrected chi connectivity index (χ1v) is 10.9. The molecule has 1 fully saturated rings. The lowest BCUT2D eigenvalue weighted by atomic mass is 9.92. The largest absolute Gasteiger partial charge is 0.354 e.